The number of nitrogens with zero attached hydrogens (tertiary/aromatic N) is 1. The molecule has 8 heteroatoms. The van der Waals surface area contributed by atoms with E-state index >= 15 is 0 Å². The zero-order valence-electron chi connectivity index (χ0n) is 40.4. The van der Waals surface area contributed by atoms with Crippen molar-refractivity contribution >= 4 is 17.9 Å². The summed E-state index contributed by atoms with van der Waals surface area (Å²) in [6.07, 6.45) is 53.0. The van der Waals surface area contributed by atoms with Crippen molar-refractivity contribution in [3.8, 4) is 0 Å². The smallest absolute Gasteiger partial charge is 0.362 e. The van der Waals surface area contributed by atoms with Crippen LogP contribution < -0.4 is 0 Å². The molecular weight excluding hydrogens is 763 g/mol. The Labute approximate surface area is 376 Å². The van der Waals surface area contributed by atoms with E-state index in [2.05, 4.69) is 62.5 Å². The van der Waals surface area contributed by atoms with E-state index in [-0.39, 0.29) is 36.2 Å². The largest absolute Gasteiger partial charge is 0.477 e. The van der Waals surface area contributed by atoms with E-state index in [1.165, 1.54) is 116 Å². The number of likely N-dealkylation sites (N-methyl/N-ethyl adjacent to an activating group) is 1. The van der Waals surface area contributed by atoms with E-state index in [9.17, 15) is 19.5 Å². The molecule has 0 aromatic heterocycles. The molecule has 354 valence electrons. The fourth-order valence-electron chi connectivity index (χ4n) is 7.34. The van der Waals surface area contributed by atoms with Crippen molar-refractivity contribution in [1.29, 1.82) is 0 Å². The predicted octanol–water partition coefficient (Wildman–Crippen LogP) is 14.4. The Morgan fingerprint density at radius 2 is 0.918 bits per heavy atom. The molecule has 8 nitrogen and oxygen atoms in total. The number of unbranched alkanes of at least 4 members (excludes halogenated alkanes) is 23. The monoisotopic (exact) mass is 859 g/mol. The van der Waals surface area contributed by atoms with E-state index in [0.717, 1.165) is 70.6 Å². The molecule has 0 bridgehead atoms. The second kappa shape index (κ2) is 43.9. The summed E-state index contributed by atoms with van der Waals surface area (Å²) in [4.78, 5) is 37.1. The molecule has 0 spiro atoms. The van der Waals surface area contributed by atoms with Crippen molar-refractivity contribution in [3.05, 3.63) is 48.6 Å². The van der Waals surface area contributed by atoms with Gasteiger partial charge in [0.1, 0.15) is 6.61 Å². The van der Waals surface area contributed by atoms with Gasteiger partial charge in [-0.25, -0.2) is 4.79 Å². The normalized spacial score (nSPS) is 13.3. The van der Waals surface area contributed by atoms with E-state index in [1.54, 1.807) is 0 Å². The van der Waals surface area contributed by atoms with Crippen LogP contribution in [-0.4, -0.2) is 80.6 Å². The number of ether oxygens (including phenoxy) is 3. The molecule has 0 heterocycles. The van der Waals surface area contributed by atoms with Crippen molar-refractivity contribution in [2.75, 3.05) is 41.0 Å². The van der Waals surface area contributed by atoms with Crippen LogP contribution in [-0.2, 0) is 28.6 Å². The Balaban J connectivity index is 4.25. The number of rotatable bonds is 45. The number of allylic oxidation sites excluding steroid dienone is 8. The van der Waals surface area contributed by atoms with Crippen LogP contribution >= 0.6 is 0 Å². The Hall–Kier alpha value is -2.71. The lowest BCUT2D eigenvalue weighted by molar-refractivity contribution is -0.887. The highest BCUT2D eigenvalue weighted by Gasteiger charge is 2.31. The Kier molecular flexibility index (Phi) is 42.0. The first-order valence-electron chi connectivity index (χ1n) is 25.2. The second-order valence-corrected chi connectivity index (χ2v) is 18.0. The van der Waals surface area contributed by atoms with Gasteiger partial charge >= 0.3 is 17.9 Å². The Morgan fingerprint density at radius 1 is 0.508 bits per heavy atom. The molecule has 2 atom stereocenters. The molecule has 0 radical (unpaired) electrons. The number of carbonyl (C=O) groups is 3. The molecule has 0 amide bonds. The van der Waals surface area contributed by atoms with Crippen molar-refractivity contribution < 1.29 is 38.2 Å². The number of quaternary nitrogens is 1. The number of carbonyl (C=O) groups excluding carboxylic acids is 2. The molecule has 61 heavy (non-hydrogen) atoms. The number of carboxylic acids is 1. The number of hydrogen-bond acceptors (Lipinski definition) is 6. The zero-order valence-corrected chi connectivity index (χ0v) is 40.4. The molecule has 0 aromatic carbocycles. The molecule has 0 aliphatic rings. The molecule has 0 fully saturated rings. The molecule has 0 aromatic rings. The summed E-state index contributed by atoms with van der Waals surface area (Å²) in [5, 5.41) is 9.64. The average Bonchev–Trinajstić information content (AvgIpc) is 3.22. The van der Waals surface area contributed by atoms with Gasteiger partial charge in [-0.3, -0.25) is 9.59 Å². The van der Waals surface area contributed by atoms with Crippen LogP contribution in [0.3, 0.4) is 0 Å². The van der Waals surface area contributed by atoms with Gasteiger partial charge in [0, 0.05) is 19.3 Å². The first-order valence-corrected chi connectivity index (χ1v) is 25.2. The molecule has 0 aliphatic heterocycles. The molecule has 0 saturated carbocycles. The van der Waals surface area contributed by atoms with Crippen LogP contribution in [0.2, 0.25) is 0 Å². The molecule has 0 rings (SSSR count). The topological polar surface area (TPSA) is 99.1 Å². The number of hydrogen-bond donors (Lipinski definition) is 1. The van der Waals surface area contributed by atoms with Crippen molar-refractivity contribution in [1.82, 2.24) is 0 Å². The van der Waals surface area contributed by atoms with Gasteiger partial charge in [-0.1, -0.05) is 178 Å². The highest BCUT2D eigenvalue weighted by Crippen LogP contribution is 2.15. The Bertz CT molecular complexity index is 1140. The maximum atomic E-state index is 12.8. The fourth-order valence-corrected chi connectivity index (χ4v) is 7.34. The van der Waals surface area contributed by atoms with Gasteiger partial charge in [-0.2, -0.15) is 0 Å². The fraction of sp³-hybridized carbons (Fsp3) is 0.792. The van der Waals surface area contributed by atoms with Gasteiger partial charge in [-0.15, -0.1) is 0 Å². The molecule has 0 saturated heterocycles. The molecule has 2 unspecified atom stereocenters. The maximum absolute atomic E-state index is 12.8. The third kappa shape index (κ3) is 42.4. The quantitative estimate of drug-likeness (QED) is 0.0282. The van der Waals surface area contributed by atoms with Gasteiger partial charge in [0.25, 0.3) is 0 Å². The average molecular weight is 859 g/mol. The first-order chi connectivity index (χ1) is 29.6. The van der Waals surface area contributed by atoms with Crippen molar-refractivity contribution in [2.45, 2.75) is 231 Å². The Morgan fingerprint density at radius 3 is 1.38 bits per heavy atom. The lowest BCUT2D eigenvalue weighted by atomic mass is 10.1. The molecule has 0 aliphatic carbocycles. The van der Waals surface area contributed by atoms with Gasteiger partial charge in [-0.05, 0) is 70.6 Å². The first kappa shape index (κ1) is 58.3. The van der Waals surface area contributed by atoms with Crippen LogP contribution in [0.1, 0.15) is 219 Å². The molecule has 1 N–H and O–H groups in total. The minimum atomic E-state index is -0.878. The highest BCUT2D eigenvalue weighted by molar-refractivity contribution is 5.72. The minimum Gasteiger partial charge on any atom is -0.477 e. The lowest BCUT2D eigenvalue weighted by Crippen LogP contribution is -2.50. The van der Waals surface area contributed by atoms with Gasteiger partial charge in [0.05, 0.1) is 34.4 Å². The SMILES string of the molecule is CC/C=C/C/C=C/C/C=C/CCCCCCCCC(=O)OC(COCCC(C(=O)O)[N+](C)(C)C)COC(=O)CCCCCCCCC/C=C/CCCCCCCCCCCC. The summed E-state index contributed by atoms with van der Waals surface area (Å²) < 4.78 is 17.3. The van der Waals surface area contributed by atoms with Gasteiger partial charge < -0.3 is 23.8 Å². The summed E-state index contributed by atoms with van der Waals surface area (Å²) in [7, 11) is 5.53. The summed E-state index contributed by atoms with van der Waals surface area (Å²) in [6.45, 7) is 4.63. The van der Waals surface area contributed by atoms with E-state index in [0.29, 0.717) is 19.3 Å². The number of aliphatic carboxylic acids is 1. The van der Waals surface area contributed by atoms with E-state index < -0.39 is 18.1 Å². The molecular formula is C53H96NO7+. The van der Waals surface area contributed by atoms with Crippen LogP contribution in [0, 0.1) is 0 Å². The zero-order chi connectivity index (χ0) is 44.9. The number of esters is 2. The van der Waals surface area contributed by atoms with Crippen LogP contribution in [0.4, 0.5) is 0 Å². The standard InChI is InChI=1S/C53H95NO7/c1-6-8-10-12-14-16-18-20-22-24-25-26-27-28-30-31-33-35-37-39-41-43-51(55)60-48-49(47-59-46-45-50(53(57)58)54(3,4)5)61-52(56)44-42-40-38-36-34-32-29-23-21-19-17-15-13-11-9-7-2/h9,11,15,17,21,23,26-27,49-50H,6-8,10,12-14,16,18-20,22,24-25,28-48H2,1-5H3/p+1/b11-9+,17-15+,23-21+,27-26+. The maximum Gasteiger partial charge on any atom is 0.362 e. The van der Waals surface area contributed by atoms with Gasteiger partial charge in [0.15, 0.2) is 12.1 Å². The third-order valence-electron chi connectivity index (χ3n) is 11.2. The summed E-state index contributed by atoms with van der Waals surface area (Å²) in [6, 6.07) is -0.619. The van der Waals surface area contributed by atoms with E-state index in [1.807, 2.05) is 21.1 Å². The third-order valence-corrected chi connectivity index (χ3v) is 11.2. The van der Waals surface area contributed by atoms with E-state index in [4.69, 9.17) is 14.2 Å². The summed E-state index contributed by atoms with van der Waals surface area (Å²) in [5.74, 6) is -1.48. The van der Waals surface area contributed by atoms with Gasteiger partial charge in [0.2, 0.25) is 0 Å². The second-order valence-electron chi connectivity index (χ2n) is 18.0. The van der Waals surface area contributed by atoms with Crippen molar-refractivity contribution in [3.63, 3.8) is 0 Å². The van der Waals surface area contributed by atoms with Crippen LogP contribution in [0.25, 0.3) is 0 Å². The predicted molar refractivity (Wildman–Crippen MR) is 257 cm³/mol. The van der Waals surface area contributed by atoms with Crippen LogP contribution in [0.15, 0.2) is 48.6 Å². The summed E-state index contributed by atoms with van der Waals surface area (Å²) >= 11 is 0. The highest BCUT2D eigenvalue weighted by atomic mass is 16.6. The van der Waals surface area contributed by atoms with Crippen molar-refractivity contribution in [2.24, 2.45) is 0 Å². The summed E-state index contributed by atoms with van der Waals surface area (Å²) in [5.41, 5.74) is 0. The number of carboxylic acid groups (broad SMARTS) is 1. The van der Waals surface area contributed by atoms with Crippen LogP contribution in [0.5, 0.6) is 0 Å². The minimum absolute atomic E-state index is 0.0543. The lowest BCUT2D eigenvalue weighted by Gasteiger charge is -2.31.